The van der Waals surface area contributed by atoms with Crippen molar-refractivity contribution in [1.82, 2.24) is 4.98 Å². The molecule has 1 heterocycles. The molecule has 84 valence electrons. The van der Waals surface area contributed by atoms with E-state index in [2.05, 4.69) is 21.1 Å². The van der Waals surface area contributed by atoms with E-state index >= 15 is 0 Å². The maximum absolute atomic E-state index is 10.9. The second-order valence-corrected chi connectivity index (χ2v) is 4.45. The predicted molar refractivity (Wildman–Crippen MR) is 64.9 cm³/mol. The van der Waals surface area contributed by atoms with Gasteiger partial charge in [0.15, 0.2) is 5.13 Å². The summed E-state index contributed by atoms with van der Waals surface area (Å²) in [5.74, 6) is -0.296. The molecule has 4 nitrogen and oxygen atoms in total. The van der Waals surface area contributed by atoms with Crippen LogP contribution in [0.4, 0.5) is 5.13 Å². The molecule has 1 aromatic carbocycles. The Kier molecular flexibility index (Phi) is 3.05. The maximum atomic E-state index is 10.9. The number of hydrogen-bond acceptors (Lipinski definition) is 5. The van der Waals surface area contributed by atoms with E-state index < -0.39 is 0 Å². The number of nitrogens with zero attached hydrogens (tertiary/aromatic N) is 1. The highest BCUT2D eigenvalue weighted by Gasteiger charge is 2.05. The number of benzene rings is 1. The second kappa shape index (κ2) is 4.49. The van der Waals surface area contributed by atoms with Crippen LogP contribution in [0.25, 0.3) is 10.2 Å². The molecule has 1 N–H and O–H groups in total. The molecule has 5 heteroatoms. The molecule has 2 aromatic rings. The van der Waals surface area contributed by atoms with Crippen molar-refractivity contribution in [2.45, 2.75) is 6.92 Å². The first-order valence-corrected chi connectivity index (χ1v) is 5.68. The predicted octanol–water partition coefficient (Wildman–Crippen LogP) is 2.19. The largest absolute Gasteiger partial charge is 0.468 e. The smallest absolute Gasteiger partial charge is 0.325 e. The molecular weight excluding hydrogens is 224 g/mol. The van der Waals surface area contributed by atoms with Gasteiger partial charge in [-0.3, -0.25) is 4.79 Å². The van der Waals surface area contributed by atoms with Gasteiger partial charge in [0.25, 0.3) is 0 Å². The monoisotopic (exact) mass is 236 g/mol. The van der Waals surface area contributed by atoms with Crippen LogP contribution in [-0.2, 0) is 9.53 Å². The van der Waals surface area contributed by atoms with Crippen molar-refractivity contribution in [3.63, 3.8) is 0 Å². The van der Waals surface area contributed by atoms with Crippen molar-refractivity contribution in [1.29, 1.82) is 0 Å². The molecule has 2 rings (SSSR count). The molecule has 0 spiro atoms. The van der Waals surface area contributed by atoms with Crippen LogP contribution in [-0.4, -0.2) is 24.6 Å². The number of esters is 1. The third kappa shape index (κ3) is 2.30. The average Bonchev–Trinajstić information content (AvgIpc) is 2.67. The van der Waals surface area contributed by atoms with Crippen LogP contribution < -0.4 is 5.32 Å². The Morgan fingerprint density at radius 2 is 2.38 bits per heavy atom. The van der Waals surface area contributed by atoms with Crippen LogP contribution in [0.2, 0.25) is 0 Å². The normalized spacial score (nSPS) is 10.4. The third-order valence-corrected chi connectivity index (χ3v) is 3.13. The summed E-state index contributed by atoms with van der Waals surface area (Å²) in [5.41, 5.74) is 2.15. The minimum Gasteiger partial charge on any atom is -0.468 e. The molecule has 0 fully saturated rings. The Hall–Kier alpha value is -1.62. The highest BCUT2D eigenvalue weighted by atomic mass is 32.1. The van der Waals surface area contributed by atoms with Crippen molar-refractivity contribution in [3.05, 3.63) is 23.8 Å². The van der Waals surface area contributed by atoms with Crippen LogP contribution in [0.1, 0.15) is 5.56 Å². The Balaban J connectivity index is 2.16. The van der Waals surface area contributed by atoms with Gasteiger partial charge in [0.2, 0.25) is 0 Å². The summed E-state index contributed by atoms with van der Waals surface area (Å²) < 4.78 is 5.66. The van der Waals surface area contributed by atoms with Gasteiger partial charge < -0.3 is 10.1 Å². The molecule has 0 aliphatic carbocycles. The van der Waals surface area contributed by atoms with Gasteiger partial charge in [-0.25, -0.2) is 4.98 Å². The number of anilines is 1. The first-order valence-electron chi connectivity index (χ1n) is 4.87. The summed E-state index contributed by atoms with van der Waals surface area (Å²) in [6.45, 7) is 2.19. The van der Waals surface area contributed by atoms with Crippen LogP contribution in [0.5, 0.6) is 0 Å². The van der Waals surface area contributed by atoms with E-state index in [9.17, 15) is 4.79 Å². The molecule has 0 saturated heterocycles. The van der Waals surface area contributed by atoms with E-state index in [1.807, 2.05) is 19.1 Å². The van der Waals surface area contributed by atoms with E-state index in [0.717, 1.165) is 15.3 Å². The minimum absolute atomic E-state index is 0.148. The number of aryl methyl sites for hydroxylation is 1. The Morgan fingerprint density at radius 1 is 1.56 bits per heavy atom. The van der Waals surface area contributed by atoms with Crippen LogP contribution >= 0.6 is 11.3 Å². The van der Waals surface area contributed by atoms with Crippen molar-refractivity contribution in [2.24, 2.45) is 0 Å². The molecule has 0 radical (unpaired) electrons. The lowest BCUT2D eigenvalue weighted by atomic mass is 10.2. The van der Waals surface area contributed by atoms with E-state index in [0.29, 0.717) is 0 Å². The van der Waals surface area contributed by atoms with Crippen molar-refractivity contribution >= 4 is 32.7 Å². The molecule has 0 bridgehead atoms. The number of aromatic nitrogens is 1. The van der Waals surface area contributed by atoms with E-state index in [1.54, 1.807) is 0 Å². The number of thiazole rings is 1. The zero-order valence-corrected chi connectivity index (χ0v) is 9.93. The molecule has 1 aromatic heterocycles. The summed E-state index contributed by atoms with van der Waals surface area (Å²) in [4.78, 5) is 15.3. The molecule has 0 saturated carbocycles. The van der Waals surface area contributed by atoms with Gasteiger partial charge in [0.05, 0.1) is 17.3 Å². The highest BCUT2D eigenvalue weighted by Crippen LogP contribution is 2.26. The van der Waals surface area contributed by atoms with Crippen LogP contribution in [0.3, 0.4) is 0 Å². The van der Waals surface area contributed by atoms with Crippen LogP contribution in [0.15, 0.2) is 18.2 Å². The van der Waals surface area contributed by atoms with Gasteiger partial charge in [0.1, 0.15) is 6.54 Å². The SMILES string of the molecule is COC(=O)CNc1nc2ccc(C)cc2s1. The number of ether oxygens (including phenoxy) is 1. The zero-order chi connectivity index (χ0) is 11.5. The molecule has 0 amide bonds. The fraction of sp³-hybridized carbons (Fsp3) is 0.273. The summed E-state index contributed by atoms with van der Waals surface area (Å²) in [5, 5.41) is 3.68. The summed E-state index contributed by atoms with van der Waals surface area (Å²) >= 11 is 1.53. The Bertz CT molecular complexity index is 522. The number of fused-ring (bicyclic) bond motifs is 1. The van der Waals surface area contributed by atoms with Gasteiger partial charge in [-0.2, -0.15) is 0 Å². The summed E-state index contributed by atoms with van der Waals surface area (Å²) in [6, 6.07) is 6.08. The lowest BCUT2D eigenvalue weighted by Crippen LogP contribution is -2.14. The first-order chi connectivity index (χ1) is 7.69. The quantitative estimate of drug-likeness (QED) is 0.830. The van der Waals surface area contributed by atoms with Crippen molar-refractivity contribution in [3.8, 4) is 0 Å². The number of nitrogens with one attached hydrogen (secondary N) is 1. The number of hydrogen-bond donors (Lipinski definition) is 1. The van der Waals surface area contributed by atoms with Gasteiger partial charge in [-0.1, -0.05) is 17.4 Å². The molecule has 16 heavy (non-hydrogen) atoms. The number of methoxy groups -OCH3 is 1. The second-order valence-electron chi connectivity index (χ2n) is 3.42. The third-order valence-electron chi connectivity index (χ3n) is 2.16. The number of rotatable bonds is 3. The van der Waals surface area contributed by atoms with Crippen LogP contribution in [0, 0.1) is 6.92 Å². The summed E-state index contributed by atoms with van der Waals surface area (Å²) in [6.07, 6.45) is 0. The van der Waals surface area contributed by atoms with Gasteiger partial charge in [-0.05, 0) is 24.6 Å². The van der Waals surface area contributed by atoms with Crippen molar-refractivity contribution in [2.75, 3.05) is 19.0 Å². The summed E-state index contributed by atoms with van der Waals surface area (Å²) in [7, 11) is 1.37. The lowest BCUT2D eigenvalue weighted by Gasteiger charge is -1.98. The zero-order valence-electron chi connectivity index (χ0n) is 9.11. The maximum Gasteiger partial charge on any atom is 0.325 e. The molecule has 0 aliphatic rings. The lowest BCUT2D eigenvalue weighted by molar-refractivity contribution is -0.138. The first kappa shape index (κ1) is 10.9. The van der Waals surface area contributed by atoms with Gasteiger partial charge in [0, 0.05) is 0 Å². The standard InChI is InChI=1S/C11H12N2O2S/c1-7-3-4-8-9(5-7)16-11(13-8)12-6-10(14)15-2/h3-5H,6H2,1-2H3,(H,12,13). The Labute approximate surface area is 97.3 Å². The molecule has 0 atom stereocenters. The topological polar surface area (TPSA) is 51.2 Å². The van der Waals surface area contributed by atoms with E-state index in [-0.39, 0.29) is 12.5 Å². The van der Waals surface area contributed by atoms with Gasteiger partial charge >= 0.3 is 5.97 Å². The average molecular weight is 236 g/mol. The fourth-order valence-corrected chi connectivity index (χ4v) is 2.29. The number of carbonyl (C=O) groups excluding carboxylic acids is 1. The molecular formula is C11H12N2O2S. The fourth-order valence-electron chi connectivity index (χ4n) is 1.33. The van der Waals surface area contributed by atoms with Gasteiger partial charge in [-0.15, -0.1) is 0 Å². The Morgan fingerprint density at radius 3 is 3.12 bits per heavy atom. The minimum atomic E-state index is -0.296. The highest BCUT2D eigenvalue weighted by molar-refractivity contribution is 7.22. The number of carbonyl (C=O) groups is 1. The molecule has 0 unspecified atom stereocenters. The molecule has 0 aliphatic heterocycles. The van der Waals surface area contributed by atoms with Crippen molar-refractivity contribution < 1.29 is 9.53 Å². The van der Waals surface area contributed by atoms with E-state index in [4.69, 9.17) is 0 Å². The van der Waals surface area contributed by atoms with E-state index in [1.165, 1.54) is 24.0 Å².